The number of hydrogen-bond acceptors (Lipinski definition) is 4. The molecule has 0 saturated heterocycles. The molecule has 1 heterocycles. The van der Waals surface area contributed by atoms with Crippen LogP contribution in [0.15, 0.2) is 24.3 Å². The molecule has 0 spiro atoms. The molecule has 1 fully saturated rings. The van der Waals surface area contributed by atoms with E-state index in [9.17, 15) is 4.79 Å². The fraction of sp³-hybridized carbons (Fsp3) is 0.526. The summed E-state index contributed by atoms with van der Waals surface area (Å²) in [5, 5.41) is 7.17. The van der Waals surface area contributed by atoms with Gasteiger partial charge in [0.25, 0.3) is 0 Å². The Labute approximate surface area is 159 Å². The third-order valence-electron chi connectivity index (χ3n) is 5.17. The van der Waals surface area contributed by atoms with Crippen molar-refractivity contribution in [3.8, 4) is 17.1 Å². The molecule has 6 nitrogen and oxygen atoms in total. The number of nitrogens with zero attached hydrogens (tertiary/aromatic N) is 3. The Morgan fingerprint density at radius 3 is 2.65 bits per heavy atom. The highest BCUT2D eigenvalue weighted by molar-refractivity contribution is 7.71. The van der Waals surface area contributed by atoms with Gasteiger partial charge in [-0.2, -0.15) is 5.10 Å². The first-order valence-corrected chi connectivity index (χ1v) is 9.56. The lowest BCUT2D eigenvalue weighted by atomic mass is 9.94. The average Bonchev–Trinajstić information content (AvgIpc) is 3.06. The van der Waals surface area contributed by atoms with E-state index < -0.39 is 0 Å². The molecule has 0 radical (unpaired) electrons. The number of carbonyl (C=O) groups excluding carboxylic acids is 1. The van der Waals surface area contributed by atoms with Crippen molar-refractivity contribution < 1.29 is 9.53 Å². The summed E-state index contributed by atoms with van der Waals surface area (Å²) in [4.78, 5) is 14.5. The van der Waals surface area contributed by atoms with Crippen LogP contribution < -0.4 is 4.74 Å². The third-order valence-corrected chi connectivity index (χ3v) is 5.48. The number of nitrogens with one attached hydrogen (secondary N) is 1. The topological polar surface area (TPSA) is 63.1 Å². The van der Waals surface area contributed by atoms with Gasteiger partial charge < -0.3 is 9.64 Å². The molecule has 0 aliphatic heterocycles. The Balaban J connectivity index is 1.68. The molecule has 0 unspecified atom stereocenters. The number of ether oxygens (including phenoxy) is 1. The largest absolute Gasteiger partial charge is 0.497 e. The molecule has 7 heteroatoms. The molecule has 2 aromatic rings. The number of carbonyl (C=O) groups is 1. The van der Waals surface area contributed by atoms with Crippen LogP contribution in [0.5, 0.6) is 5.75 Å². The number of methoxy groups -OCH3 is 1. The summed E-state index contributed by atoms with van der Waals surface area (Å²) in [6, 6.07) is 8.04. The van der Waals surface area contributed by atoms with Gasteiger partial charge in [-0.3, -0.25) is 14.5 Å². The first-order chi connectivity index (χ1) is 12.6. The van der Waals surface area contributed by atoms with Crippen molar-refractivity contribution in [2.75, 3.05) is 14.2 Å². The van der Waals surface area contributed by atoms with Crippen molar-refractivity contribution in [3.63, 3.8) is 0 Å². The monoisotopic (exact) mass is 374 g/mol. The maximum absolute atomic E-state index is 12.6. The SMILES string of the molecule is COc1ccc(-c2n[nH]c(=S)n2CCC(=O)N(C)C2CCCCC2)cc1. The molecule has 1 saturated carbocycles. The molecule has 0 bridgehead atoms. The smallest absolute Gasteiger partial charge is 0.224 e. The molecule has 1 aromatic carbocycles. The summed E-state index contributed by atoms with van der Waals surface area (Å²) < 4.78 is 7.62. The van der Waals surface area contributed by atoms with Gasteiger partial charge in [0, 0.05) is 31.6 Å². The second-order valence-electron chi connectivity index (χ2n) is 6.78. The van der Waals surface area contributed by atoms with Gasteiger partial charge in [-0.25, -0.2) is 0 Å². The highest BCUT2D eigenvalue weighted by Gasteiger charge is 2.22. The number of benzene rings is 1. The van der Waals surface area contributed by atoms with Gasteiger partial charge in [-0.15, -0.1) is 0 Å². The van der Waals surface area contributed by atoms with Crippen molar-refractivity contribution in [2.24, 2.45) is 0 Å². The van der Waals surface area contributed by atoms with Crippen molar-refractivity contribution in [2.45, 2.75) is 51.1 Å². The fourth-order valence-corrected chi connectivity index (χ4v) is 3.76. The van der Waals surface area contributed by atoms with Gasteiger partial charge in [0.1, 0.15) is 5.75 Å². The fourth-order valence-electron chi connectivity index (χ4n) is 3.54. The number of aromatic nitrogens is 3. The summed E-state index contributed by atoms with van der Waals surface area (Å²) in [6.07, 6.45) is 6.38. The number of rotatable bonds is 6. The minimum absolute atomic E-state index is 0.167. The Morgan fingerprint density at radius 2 is 2.00 bits per heavy atom. The predicted molar refractivity (Wildman–Crippen MR) is 104 cm³/mol. The summed E-state index contributed by atoms with van der Waals surface area (Å²) in [7, 11) is 3.57. The van der Waals surface area contributed by atoms with Crippen LogP contribution in [-0.4, -0.2) is 45.8 Å². The maximum atomic E-state index is 12.6. The van der Waals surface area contributed by atoms with Crippen LogP contribution in [0.25, 0.3) is 11.4 Å². The van der Waals surface area contributed by atoms with E-state index in [0.717, 1.165) is 30.0 Å². The van der Waals surface area contributed by atoms with E-state index in [2.05, 4.69) is 10.2 Å². The van der Waals surface area contributed by atoms with Gasteiger partial charge in [0.05, 0.1) is 7.11 Å². The Kier molecular flexibility index (Phi) is 6.08. The van der Waals surface area contributed by atoms with E-state index in [-0.39, 0.29) is 5.91 Å². The summed E-state index contributed by atoms with van der Waals surface area (Å²) in [5.41, 5.74) is 0.936. The summed E-state index contributed by atoms with van der Waals surface area (Å²) in [6.45, 7) is 0.520. The van der Waals surface area contributed by atoms with E-state index in [0.29, 0.717) is 23.8 Å². The molecular weight excluding hydrogens is 348 g/mol. The molecule has 3 rings (SSSR count). The van der Waals surface area contributed by atoms with Gasteiger partial charge in [-0.05, 0) is 49.3 Å². The number of amides is 1. The van der Waals surface area contributed by atoms with Crippen LogP contribution in [-0.2, 0) is 11.3 Å². The Hall–Kier alpha value is -2.15. The molecule has 140 valence electrons. The molecule has 0 atom stereocenters. The van der Waals surface area contributed by atoms with E-state index in [1.807, 2.05) is 40.8 Å². The van der Waals surface area contributed by atoms with Crippen LogP contribution in [0.3, 0.4) is 0 Å². The average molecular weight is 375 g/mol. The summed E-state index contributed by atoms with van der Waals surface area (Å²) in [5.74, 6) is 1.70. The Morgan fingerprint density at radius 1 is 1.31 bits per heavy atom. The second-order valence-corrected chi connectivity index (χ2v) is 7.17. The summed E-state index contributed by atoms with van der Waals surface area (Å²) >= 11 is 5.36. The van der Waals surface area contributed by atoms with Gasteiger partial charge >= 0.3 is 0 Å². The van der Waals surface area contributed by atoms with E-state index in [1.165, 1.54) is 19.3 Å². The van der Waals surface area contributed by atoms with Gasteiger partial charge in [-0.1, -0.05) is 19.3 Å². The predicted octanol–water partition coefficient (Wildman–Crippen LogP) is 3.80. The zero-order chi connectivity index (χ0) is 18.5. The van der Waals surface area contributed by atoms with Crippen molar-refractivity contribution >= 4 is 18.1 Å². The maximum Gasteiger partial charge on any atom is 0.224 e. The normalized spacial score (nSPS) is 15.0. The van der Waals surface area contributed by atoms with Crippen LogP contribution in [0.2, 0.25) is 0 Å². The van der Waals surface area contributed by atoms with Crippen molar-refractivity contribution in [1.29, 1.82) is 0 Å². The van der Waals surface area contributed by atoms with Crippen LogP contribution >= 0.6 is 12.2 Å². The van der Waals surface area contributed by atoms with E-state index in [4.69, 9.17) is 17.0 Å². The lowest BCUT2D eigenvalue weighted by Crippen LogP contribution is -2.38. The quantitative estimate of drug-likeness (QED) is 0.781. The zero-order valence-electron chi connectivity index (χ0n) is 15.4. The van der Waals surface area contributed by atoms with Crippen LogP contribution in [0, 0.1) is 4.77 Å². The molecule has 1 amide bonds. The lowest BCUT2D eigenvalue weighted by molar-refractivity contribution is -0.132. The molecule has 1 aromatic heterocycles. The molecule has 1 aliphatic rings. The number of H-pyrrole nitrogens is 1. The first-order valence-electron chi connectivity index (χ1n) is 9.15. The van der Waals surface area contributed by atoms with E-state index >= 15 is 0 Å². The third kappa shape index (κ3) is 4.15. The molecule has 1 aliphatic carbocycles. The minimum Gasteiger partial charge on any atom is -0.497 e. The standard InChI is InChI=1S/C19H26N4O2S/c1-22(15-6-4-3-5-7-15)17(24)12-13-23-18(20-21-19(23)26)14-8-10-16(25-2)11-9-14/h8-11,15H,3-7,12-13H2,1-2H3,(H,21,26). The van der Waals surface area contributed by atoms with Gasteiger partial charge in [0.2, 0.25) is 5.91 Å². The van der Waals surface area contributed by atoms with Crippen molar-refractivity contribution in [1.82, 2.24) is 19.7 Å². The molecule has 1 N–H and O–H groups in total. The molecule has 26 heavy (non-hydrogen) atoms. The van der Waals surface area contributed by atoms with Crippen LogP contribution in [0.4, 0.5) is 0 Å². The number of hydrogen-bond donors (Lipinski definition) is 1. The van der Waals surface area contributed by atoms with E-state index in [1.54, 1.807) is 7.11 Å². The Bertz CT molecular complexity index is 791. The van der Waals surface area contributed by atoms with Crippen molar-refractivity contribution in [3.05, 3.63) is 29.0 Å². The zero-order valence-corrected chi connectivity index (χ0v) is 16.2. The first kappa shape index (κ1) is 18.6. The highest BCUT2D eigenvalue weighted by Crippen LogP contribution is 2.23. The van der Waals surface area contributed by atoms with Crippen LogP contribution in [0.1, 0.15) is 38.5 Å². The second kappa shape index (κ2) is 8.49. The minimum atomic E-state index is 0.167. The lowest BCUT2D eigenvalue weighted by Gasteiger charge is -2.31. The number of aromatic amines is 1. The molecular formula is C19H26N4O2S. The van der Waals surface area contributed by atoms with Gasteiger partial charge in [0.15, 0.2) is 10.6 Å². The highest BCUT2D eigenvalue weighted by atomic mass is 32.1.